The molecule has 24 heavy (non-hydrogen) atoms. The molecule has 0 radical (unpaired) electrons. The zero-order valence-corrected chi connectivity index (χ0v) is 15.6. The van der Waals surface area contributed by atoms with Gasteiger partial charge in [0.05, 0.1) is 18.5 Å². The predicted molar refractivity (Wildman–Crippen MR) is 93.4 cm³/mol. The van der Waals surface area contributed by atoms with Crippen molar-refractivity contribution in [2.75, 3.05) is 7.05 Å². The molecule has 6 nitrogen and oxygen atoms in total. The van der Waals surface area contributed by atoms with Crippen LogP contribution in [0.5, 0.6) is 0 Å². The third-order valence-electron chi connectivity index (χ3n) is 3.97. The van der Waals surface area contributed by atoms with Crippen LogP contribution in [-0.2, 0) is 23.6 Å². The fraction of sp³-hybridized carbons (Fsp3) is 0.312. The molecule has 0 aliphatic heterocycles. The lowest BCUT2D eigenvalue weighted by molar-refractivity contribution is 0.406. The molecule has 3 aromatic rings. The number of furan rings is 1. The van der Waals surface area contributed by atoms with Crippen LogP contribution in [0.2, 0.25) is 0 Å². The first-order valence-corrected chi connectivity index (χ1v) is 9.70. The van der Waals surface area contributed by atoms with Gasteiger partial charge in [0.15, 0.2) is 0 Å². The van der Waals surface area contributed by atoms with E-state index < -0.39 is 10.0 Å². The molecule has 0 saturated carbocycles. The topological polar surface area (TPSA) is 68.3 Å². The lowest BCUT2D eigenvalue weighted by Gasteiger charge is -2.15. The molecule has 3 heterocycles. The van der Waals surface area contributed by atoms with Crippen LogP contribution in [0.1, 0.15) is 17.1 Å². The smallest absolute Gasteiger partial charge is 0.245 e. The van der Waals surface area contributed by atoms with Crippen molar-refractivity contribution in [2.45, 2.75) is 25.3 Å². The number of aryl methyl sites for hydroxylation is 1. The molecule has 0 amide bonds. The van der Waals surface area contributed by atoms with Gasteiger partial charge in [0.1, 0.15) is 15.7 Å². The van der Waals surface area contributed by atoms with Crippen LogP contribution in [0.3, 0.4) is 0 Å². The molecule has 0 aromatic carbocycles. The van der Waals surface area contributed by atoms with Crippen molar-refractivity contribution in [1.82, 2.24) is 13.9 Å². The molecule has 0 aliphatic rings. The van der Waals surface area contributed by atoms with Crippen LogP contribution in [0.4, 0.5) is 0 Å². The highest BCUT2D eigenvalue weighted by atomic mass is 32.2. The quantitative estimate of drug-likeness (QED) is 0.696. The molecular formula is C16H19N3O3S2. The number of hydrogen-bond donors (Lipinski definition) is 0. The fourth-order valence-electron chi connectivity index (χ4n) is 2.48. The van der Waals surface area contributed by atoms with Crippen molar-refractivity contribution < 1.29 is 12.8 Å². The van der Waals surface area contributed by atoms with Crippen LogP contribution < -0.4 is 0 Å². The maximum atomic E-state index is 12.9. The summed E-state index contributed by atoms with van der Waals surface area (Å²) in [6.07, 6.45) is 1.53. The Morgan fingerprint density at radius 3 is 2.71 bits per heavy atom. The van der Waals surface area contributed by atoms with E-state index in [0.29, 0.717) is 16.3 Å². The molecule has 0 atom stereocenters. The first kappa shape index (κ1) is 16.9. The van der Waals surface area contributed by atoms with Gasteiger partial charge in [-0.25, -0.2) is 13.4 Å². The van der Waals surface area contributed by atoms with Crippen LogP contribution in [0.25, 0.3) is 10.7 Å². The summed E-state index contributed by atoms with van der Waals surface area (Å²) < 4.78 is 34.3. The Labute approximate surface area is 145 Å². The Morgan fingerprint density at radius 1 is 1.38 bits per heavy atom. The van der Waals surface area contributed by atoms with Gasteiger partial charge in [-0.3, -0.25) is 0 Å². The molecule has 8 heteroatoms. The molecular weight excluding hydrogens is 346 g/mol. The van der Waals surface area contributed by atoms with E-state index in [9.17, 15) is 8.42 Å². The highest BCUT2D eigenvalue weighted by Gasteiger charge is 2.27. The number of sulfonamides is 1. The third-order valence-corrected chi connectivity index (χ3v) is 6.88. The second kappa shape index (κ2) is 6.19. The minimum atomic E-state index is -3.62. The van der Waals surface area contributed by atoms with E-state index in [0.717, 1.165) is 16.4 Å². The van der Waals surface area contributed by atoms with E-state index in [1.807, 2.05) is 23.9 Å². The Kier molecular flexibility index (Phi) is 4.37. The van der Waals surface area contributed by atoms with Gasteiger partial charge in [0.2, 0.25) is 10.0 Å². The van der Waals surface area contributed by atoms with Crippen LogP contribution in [-0.4, -0.2) is 29.3 Å². The van der Waals surface area contributed by atoms with E-state index in [1.54, 1.807) is 32.2 Å². The van der Waals surface area contributed by atoms with Crippen LogP contribution in [0.15, 0.2) is 39.2 Å². The SMILES string of the molecule is Cc1csc(-c2cc(S(=O)(=O)N(C)Cc3ccco3)c(C)n2C)n1. The van der Waals surface area contributed by atoms with Crippen molar-refractivity contribution in [3.63, 3.8) is 0 Å². The predicted octanol–water partition coefficient (Wildman–Crippen LogP) is 3.18. The maximum absolute atomic E-state index is 12.9. The monoisotopic (exact) mass is 365 g/mol. The minimum absolute atomic E-state index is 0.190. The summed E-state index contributed by atoms with van der Waals surface area (Å²) in [6, 6.07) is 5.20. The fourth-order valence-corrected chi connectivity index (χ4v) is 4.74. The third kappa shape index (κ3) is 2.92. The molecule has 128 valence electrons. The van der Waals surface area contributed by atoms with E-state index >= 15 is 0 Å². The average molecular weight is 365 g/mol. The van der Waals surface area contributed by atoms with E-state index in [4.69, 9.17) is 4.42 Å². The molecule has 0 spiro atoms. The number of nitrogens with zero attached hydrogens (tertiary/aromatic N) is 3. The van der Waals surface area contributed by atoms with Crippen LogP contribution in [0, 0.1) is 13.8 Å². The Morgan fingerprint density at radius 2 is 2.12 bits per heavy atom. The van der Waals surface area contributed by atoms with Gasteiger partial charge in [-0.2, -0.15) is 4.31 Å². The molecule has 0 aliphatic carbocycles. The molecule has 0 bridgehead atoms. The summed E-state index contributed by atoms with van der Waals surface area (Å²) in [4.78, 5) is 4.75. The molecule has 0 fully saturated rings. The van der Waals surface area contributed by atoms with Gasteiger partial charge >= 0.3 is 0 Å². The first-order chi connectivity index (χ1) is 11.3. The standard InChI is InChI=1S/C16H19N3O3S2/c1-11-10-23-16(17-11)14-8-15(12(2)19(14)4)24(20,21)18(3)9-13-6-5-7-22-13/h5-8,10H,9H2,1-4H3. The maximum Gasteiger partial charge on any atom is 0.245 e. The van der Waals surface area contributed by atoms with Crippen molar-refractivity contribution in [1.29, 1.82) is 0 Å². The second-order valence-electron chi connectivity index (χ2n) is 5.67. The van der Waals surface area contributed by atoms with Crippen molar-refractivity contribution in [3.05, 3.63) is 47.0 Å². The first-order valence-electron chi connectivity index (χ1n) is 7.38. The minimum Gasteiger partial charge on any atom is -0.468 e. The molecule has 3 rings (SSSR count). The molecule has 0 unspecified atom stereocenters. The number of hydrogen-bond acceptors (Lipinski definition) is 5. The Hall–Kier alpha value is -1.90. The van der Waals surface area contributed by atoms with E-state index in [2.05, 4.69) is 4.98 Å². The van der Waals surface area contributed by atoms with Gasteiger partial charge in [-0.05, 0) is 32.0 Å². The number of thiazole rings is 1. The van der Waals surface area contributed by atoms with Crippen molar-refractivity contribution in [2.24, 2.45) is 7.05 Å². The van der Waals surface area contributed by atoms with E-state index in [1.165, 1.54) is 21.9 Å². The van der Waals surface area contributed by atoms with Gasteiger partial charge in [-0.15, -0.1) is 11.3 Å². The summed E-state index contributed by atoms with van der Waals surface area (Å²) in [6.45, 7) is 3.91. The molecule has 0 N–H and O–H groups in total. The van der Waals surface area contributed by atoms with Gasteiger partial charge in [0, 0.05) is 30.9 Å². The van der Waals surface area contributed by atoms with Gasteiger partial charge < -0.3 is 8.98 Å². The summed E-state index contributed by atoms with van der Waals surface area (Å²) in [5.41, 5.74) is 2.41. The summed E-state index contributed by atoms with van der Waals surface area (Å²) in [5, 5.41) is 2.77. The lowest BCUT2D eigenvalue weighted by Crippen LogP contribution is -2.26. The normalized spacial score (nSPS) is 12.2. The highest BCUT2D eigenvalue weighted by molar-refractivity contribution is 7.89. The van der Waals surface area contributed by atoms with E-state index in [-0.39, 0.29) is 6.54 Å². The summed E-state index contributed by atoms with van der Waals surface area (Å²) in [5.74, 6) is 0.602. The van der Waals surface area contributed by atoms with Crippen LogP contribution >= 0.6 is 11.3 Å². The Balaban J connectivity index is 1.99. The largest absolute Gasteiger partial charge is 0.468 e. The lowest BCUT2D eigenvalue weighted by atomic mass is 10.4. The summed E-state index contributed by atoms with van der Waals surface area (Å²) >= 11 is 1.51. The molecule has 0 saturated heterocycles. The molecule has 3 aromatic heterocycles. The average Bonchev–Trinajstić information content (AvgIpc) is 3.23. The van der Waals surface area contributed by atoms with Gasteiger partial charge in [0.25, 0.3) is 0 Å². The van der Waals surface area contributed by atoms with Gasteiger partial charge in [-0.1, -0.05) is 0 Å². The van der Waals surface area contributed by atoms with Crippen molar-refractivity contribution in [3.8, 4) is 10.7 Å². The Bertz CT molecular complexity index is 953. The number of aromatic nitrogens is 2. The highest BCUT2D eigenvalue weighted by Crippen LogP contribution is 2.31. The summed E-state index contributed by atoms with van der Waals surface area (Å²) in [7, 11) is -0.212. The number of rotatable bonds is 5. The zero-order chi connectivity index (χ0) is 17.5. The van der Waals surface area contributed by atoms with Crippen molar-refractivity contribution >= 4 is 21.4 Å². The second-order valence-corrected chi connectivity index (χ2v) is 8.54. The zero-order valence-electron chi connectivity index (χ0n) is 14.0.